The molecule has 0 atom stereocenters. The molecule has 0 unspecified atom stereocenters. The summed E-state index contributed by atoms with van der Waals surface area (Å²) in [6.45, 7) is 2.48. The third kappa shape index (κ3) is 3.04. The van der Waals surface area contributed by atoms with Crippen LogP contribution in [0.4, 0.5) is 4.39 Å². The molecule has 118 valence electrons. The van der Waals surface area contributed by atoms with E-state index < -0.39 is 0 Å². The van der Waals surface area contributed by atoms with Crippen molar-refractivity contribution in [1.82, 2.24) is 9.78 Å². The molecule has 0 saturated heterocycles. The largest absolute Gasteiger partial charge is 0.493 e. The van der Waals surface area contributed by atoms with Gasteiger partial charge in [0.05, 0.1) is 31.3 Å². The van der Waals surface area contributed by atoms with Crippen LogP contribution in [-0.2, 0) is 0 Å². The molecule has 0 amide bonds. The molecule has 0 spiro atoms. The maximum Gasteiger partial charge on any atom is 0.161 e. The van der Waals surface area contributed by atoms with Crippen LogP contribution >= 0.6 is 0 Å². The molecule has 0 aliphatic heterocycles. The highest BCUT2D eigenvalue weighted by atomic mass is 19.1. The Bertz CT molecular complexity index is 797. The number of nitrogens with zero attached hydrogens (tertiary/aromatic N) is 2. The first kappa shape index (κ1) is 15.1. The number of ether oxygens (including phenoxy) is 2. The van der Waals surface area contributed by atoms with Crippen molar-refractivity contribution in [2.75, 3.05) is 13.7 Å². The van der Waals surface area contributed by atoms with Crippen molar-refractivity contribution in [3.63, 3.8) is 0 Å². The van der Waals surface area contributed by atoms with Crippen molar-refractivity contribution in [3.8, 4) is 28.4 Å². The van der Waals surface area contributed by atoms with Gasteiger partial charge in [-0.3, -0.25) is 0 Å². The summed E-state index contributed by atoms with van der Waals surface area (Å²) in [6, 6.07) is 13.8. The van der Waals surface area contributed by atoms with E-state index in [2.05, 4.69) is 5.10 Å². The van der Waals surface area contributed by atoms with E-state index in [0.29, 0.717) is 18.1 Å². The second-order valence-corrected chi connectivity index (χ2v) is 4.90. The third-order valence-corrected chi connectivity index (χ3v) is 3.47. The van der Waals surface area contributed by atoms with Crippen LogP contribution in [0.3, 0.4) is 0 Å². The Morgan fingerprint density at radius 3 is 2.52 bits per heavy atom. The van der Waals surface area contributed by atoms with Crippen LogP contribution < -0.4 is 9.47 Å². The first-order chi connectivity index (χ1) is 11.2. The Balaban J connectivity index is 2.04. The summed E-state index contributed by atoms with van der Waals surface area (Å²) in [5.74, 6) is 1.09. The SMILES string of the molecule is CCOc1cc(-c2ccnn2-c2ccc(F)cc2)ccc1OC. The molecule has 3 rings (SSSR count). The van der Waals surface area contributed by atoms with Crippen LogP contribution in [0.15, 0.2) is 54.7 Å². The Morgan fingerprint density at radius 1 is 1.04 bits per heavy atom. The van der Waals surface area contributed by atoms with Gasteiger partial charge in [-0.25, -0.2) is 9.07 Å². The van der Waals surface area contributed by atoms with E-state index in [1.807, 2.05) is 31.2 Å². The van der Waals surface area contributed by atoms with Gasteiger partial charge in [0.25, 0.3) is 0 Å². The number of methoxy groups -OCH3 is 1. The Kier molecular flexibility index (Phi) is 4.28. The minimum atomic E-state index is -0.273. The second-order valence-electron chi connectivity index (χ2n) is 4.90. The maximum absolute atomic E-state index is 13.1. The van der Waals surface area contributed by atoms with E-state index in [9.17, 15) is 4.39 Å². The quantitative estimate of drug-likeness (QED) is 0.712. The number of halogens is 1. The lowest BCUT2D eigenvalue weighted by Gasteiger charge is -2.12. The van der Waals surface area contributed by atoms with Gasteiger partial charge in [-0.05, 0) is 55.5 Å². The van der Waals surface area contributed by atoms with Crippen molar-refractivity contribution < 1.29 is 13.9 Å². The van der Waals surface area contributed by atoms with E-state index in [4.69, 9.17) is 9.47 Å². The predicted molar refractivity (Wildman–Crippen MR) is 86.7 cm³/mol. The molecule has 4 nitrogen and oxygen atoms in total. The highest BCUT2D eigenvalue weighted by Gasteiger charge is 2.11. The van der Waals surface area contributed by atoms with Crippen LogP contribution in [0.1, 0.15) is 6.92 Å². The molecule has 0 radical (unpaired) electrons. The fourth-order valence-electron chi connectivity index (χ4n) is 2.41. The molecule has 0 aliphatic carbocycles. The molecule has 3 aromatic rings. The minimum absolute atomic E-state index is 0.273. The molecular weight excluding hydrogens is 295 g/mol. The number of aromatic nitrogens is 2. The van der Waals surface area contributed by atoms with Crippen molar-refractivity contribution in [2.24, 2.45) is 0 Å². The molecule has 0 N–H and O–H groups in total. The Morgan fingerprint density at radius 2 is 1.83 bits per heavy atom. The van der Waals surface area contributed by atoms with Crippen molar-refractivity contribution in [2.45, 2.75) is 6.92 Å². The van der Waals surface area contributed by atoms with E-state index in [1.54, 1.807) is 30.1 Å². The summed E-state index contributed by atoms with van der Waals surface area (Å²) in [5, 5.41) is 4.33. The van der Waals surface area contributed by atoms with Gasteiger partial charge in [-0.1, -0.05) is 0 Å². The summed E-state index contributed by atoms with van der Waals surface area (Å²) in [4.78, 5) is 0. The lowest BCUT2D eigenvalue weighted by atomic mass is 10.1. The summed E-state index contributed by atoms with van der Waals surface area (Å²) in [6.07, 6.45) is 1.71. The van der Waals surface area contributed by atoms with Crippen LogP contribution in [0.5, 0.6) is 11.5 Å². The number of benzene rings is 2. The molecule has 0 fully saturated rings. The van der Waals surface area contributed by atoms with Gasteiger partial charge in [-0.15, -0.1) is 0 Å². The monoisotopic (exact) mass is 312 g/mol. The molecule has 2 aromatic carbocycles. The fraction of sp³-hybridized carbons (Fsp3) is 0.167. The smallest absolute Gasteiger partial charge is 0.161 e. The van der Waals surface area contributed by atoms with Crippen molar-refractivity contribution >= 4 is 0 Å². The molecule has 1 heterocycles. The topological polar surface area (TPSA) is 36.3 Å². The zero-order chi connectivity index (χ0) is 16.2. The Labute approximate surface area is 134 Å². The lowest BCUT2D eigenvalue weighted by molar-refractivity contribution is 0.311. The van der Waals surface area contributed by atoms with Gasteiger partial charge in [0, 0.05) is 5.56 Å². The van der Waals surface area contributed by atoms with Gasteiger partial charge in [0.2, 0.25) is 0 Å². The van der Waals surface area contributed by atoms with Gasteiger partial charge < -0.3 is 9.47 Å². The molecule has 0 bridgehead atoms. The molecule has 0 saturated carbocycles. The highest BCUT2D eigenvalue weighted by molar-refractivity contribution is 5.66. The van der Waals surface area contributed by atoms with Gasteiger partial charge in [0.15, 0.2) is 11.5 Å². The zero-order valence-corrected chi connectivity index (χ0v) is 13.0. The summed E-state index contributed by atoms with van der Waals surface area (Å²) >= 11 is 0. The molecule has 0 aliphatic rings. The average Bonchev–Trinajstić information content (AvgIpc) is 3.05. The summed E-state index contributed by atoms with van der Waals surface area (Å²) in [5.41, 5.74) is 2.62. The standard InChI is InChI=1S/C18H17FN2O2/c1-3-23-18-12-13(4-9-17(18)22-2)16-10-11-20-21(16)15-7-5-14(19)6-8-15/h4-12H,3H2,1-2H3. The predicted octanol–water partition coefficient (Wildman–Crippen LogP) is 4.09. The first-order valence-electron chi connectivity index (χ1n) is 7.34. The van der Waals surface area contributed by atoms with E-state index >= 15 is 0 Å². The second kappa shape index (κ2) is 6.52. The van der Waals surface area contributed by atoms with Crippen LogP contribution in [0.25, 0.3) is 16.9 Å². The zero-order valence-electron chi connectivity index (χ0n) is 13.0. The van der Waals surface area contributed by atoms with Crippen LogP contribution in [-0.4, -0.2) is 23.5 Å². The average molecular weight is 312 g/mol. The van der Waals surface area contributed by atoms with E-state index in [0.717, 1.165) is 16.9 Å². The molecule has 5 heteroatoms. The number of hydrogen-bond donors (Lipinski definition) is 0. The number of hydrogen-bond acceptors (Lipinski definition) is 3. The summed E-state index contributed by atoms with van der Waals surface area (Å²) in [7, 11) is 1.61. The van der Waals surface area contributed by atoms with Gasteiger partial charge >= 0.3 is 0 Å². The normalized spacial score (nSPS) is 10.6. The van der Waals surface area contributed by atoms with Crippen LogP contribution in [0.2, 0.25) is 0 Å². The third-order valence-electron chi connectivity index (χ3n) is 3.47. The molecule has 1 aromatic heterocycles. The first-order valence-corrected chi connectivity index (χ1v) is 7.34. The summed E-state index contributed by atoms with van der Waals surface area (Å²) < 4.78 is 25.8. The molecular formula is C18H17FN2O2. The van der Waals surface area contributed by atoms with Crippen molar-refractivity contribution in [1.29, 1.82) is 0 Å². The maximum atomic E-state index is 13.1. The van der Waals surface area contributed by atoms with Crippen LogP contribution in [0, 0.1) is 5.82 Å². The minimum Gasteiger partial charge on any atom is -0.493 e. The van der Waals surface area contributed by atoms with Gasteiger partial charge in [0.1, 0.15) is 5.82 Å². The van der Waals surface area contributed by atoms with E-state index in [-0.39, 0.29) is 5.82 Å². The number of rotatable bonds is 5. The highest BCUT2D eigenvalue weighted by Crippen LogP contribution is 2.33. The van der Waals surface area contributed by atoms with E-state index in [1.165, 1.54) is 12.1 Å². The fourth-order valence-corrected chi connectivity index (χ4v) is 2.41. The Hall–Kier alpha value is -2.82. The van der Waals surface area contributed by atoms with Gasteiger partial charge in [-0.2, -0.15) is 5.10 Å². The van der Waals surface area contributed by atoms with Crippen molar-refractivity contribution in [3.05, 3.63) is 60.5 Å². The molecule has 23 heavy (non-hydrogen) atoms. The lowest BCUT2D eigenvalue weighted by Crippen LogP contribution is -2.00.